The number of alkyl halides is 3. The maximum Gasteiger partial charge on any atom is 0.417 e. The van der Waals surface area contributed by atoms with E-state index in [4.69, 9.17) is 4.42 Å². The van der Waals surface area contributed by atoms with Crippen LogP contribution in [0.5, 0.6) is 5.75 Å². The molecule has 0 atom stereocenters. The molecule has 0 aliphatic heterocycles. The summed E-state index contributed by atoms with van der Waals surface area (Å²) >= 11 is 0. The van der Waals surface area contributed by atoms with Crippen LogP contribution < -0.4 is 4.58 Å². The maximum atomic E-state index is 13.3. The summed E-state index contributed by atoms with van der Waals surface area (Å²) in [6, 6.07) is 13.4. The van der Waals surface area contributed by atoms with Crippen molar-refractivity contribution >= 4 is 18.3 Å². The van der Waals surface area contributed by atoms with Crippen molar-refractivity contribution in [1.82, 2.24) is 4.58 Å². The Morgan fingerprint density at radius 1 is 0.964 bits per heavy atom. The molecule has 0 aliphatic carbocycles. The Balaban J connectivity index is 2.02. The van der Waals surface area contributed by atoms with Crippen LogP contribution >= 0.6 is 0 Å². The zero-order valence-corrected chi connectivity index (χ0v) is 15.8. The van der Waals surface area contributed by atoms with Gasteiger partial charge in [0.15, 0.2) is 5.75 Å². The molecule has 0 fully saturated rings. The third-order valence-electron chi connectivity index (χ3n) is 4.49. The highest BCUT2D eigenvalue weighted by atomic mass is 19.4. The fourth-order valence-corrected chi connectivity index (χ4v) is 2.89. The summed E-state index contributed by atoms with van der Waals surface area (Å²) in [6.45, 7) is 10.0. The van der Waals surface area contributed by atoms with Crippen LogP contribution in [0.25, 0.3) is 11.3 Å². The minimum absolute atomic E-state index is 0.00311. The monoisotopic (exact) mass is 388 g/mol. The van der Waals surface area contributed by atoms with E-state index in [9.17, 15) is 18.3 Å². The highest BCUT2D eigenvalue weighted by Crippen LogP contribution is 2.40. The van der Waals surface area contributed by atoms with Gasteiger partial charge in [0, 0.05) is 11.6 Å². The van der Waals surface area contributed by atoms with Crippen molar-refractivity contribution in [2.45, 2.75) is 32.4 Å². The zero-order valence-electron chi connectivity index (χ0n) is 15.8. The van der Waals surface area contributed by atoms with Gasteiger partial charge < -0.3 is 9.52 Å². The number of nitrogens with zero attached hydrogens (tertiary/aromatic N) is 1. The zero-order chi connectivity index (χ0) is 20.7. The van der Waals surface area contributed by atoms with E-state index in [1.165, 1.54) is 34.9 Å². The van der Waals surface area contributed by atoms with Crippen molar-refractivity contribution in [1.29, 1.82) is 0 Å². The predicted octanol–water partition coefficient (Wildman–Crippen LogP) is 6.50. The number of phenolic OH excluding ortho intramolecular Hbond substituents is 1. The van der Waals surface area contributed by atoms with Gasteiger partial charge in [-0.1, -0.05) is 45.0 Å². The molecule has 0 saturated carbocycles. The second-order valence-electron chi connectivity index (χ2n) is 7.56. The van der Waals surface area contributed by atoms with Gasteiger partial charge in [0.25, 0.3) is 5.69 Å². The average Bonchev–Trinajstić information content (AvgIpc) is 3.10. The summed E-state index contributed by atoms with van der Waals surface area (Å²) in [6.07, 6.45) is -4.49. The molecule has 0 saturated heterocycles. The first-order valence-corrected chi connectivity index (χ1v) is 8.69. The number of benzene rings is 2. The first kappa shape index (κ1) is 19.7. The van der Waals surface area contributed by atoms with E-state index in [0.29, 0.717) is 5.69 Å². The Kier molecular flexibility index (Phi) is 4.83. The lowest BCUT2D eigenvalue weighted by Crippen LogP contribution is -2.11. The van der Waals surface area contributed by atoms with Crippen LogP contribution in [-0.2, 0) is 11.6 Å². The molecule has 0 unspecified atom stereocenters. The molecule has 28 heavy (non-hydrogen) atoms. The minimum atomic E-state index is -4.49. The van der Waals surface area contributed by atoms with Gasteiger partial charge >= 0.3 is 12.1 Å². The Bertz CT molecular complexity index is 1030. The van der Waals surface area contributed by atoms with Gasteiger partial charge in [-0.3, -0.25) is 0 Å². The number of hydrogen-bond acceptors (Lipinski definition) is 2. The summed E-state index contributed by atoms with van der Waals surface area (Å²) in [5.41, 5.74) is 0.399. The van der Waals surface area contributed by atoms with Crippen molar-refractivity contribution in [3.8, 4) is 17.1 Å². The third-order valence-corrected chi connectivity index (χ3v) is 4.49. The molecule has 2 aromatic carbocycles. The molecular formula is C22H21F3NO2+. The van der Waals surface area contributed by atoms with E-state index >= 15 is 0 Å². The fraction of sp³-hybridized carbons (Fsp3) is 0.227. The predicted molar refractivity (Wildman–Crippen MR) is 105 cm³/mol. The van der Waals surface area contributed by atoms with Crippen LogP contribution in [0, 0.1) is 0 Å². The van der Waals surface area contributed by atoms with Crippen molar-refractivity contribution in [3.05, 3.63) is 65.7 Å². The maximum absolute atomic E-state index is 13.3. The molecule has 0 amide bonds. The van der Waals surface area contributed by atoms with E-state index in [1.54, 1.807) is 12.1 Å². The first-order chi connectivity index (χ1) is 13.0. The third kappa shape index (κ3) is 3.81. The quantitative estimate of drug-likeness (QED) is 0.410. The molecular weight excluding hydrogens is 367 g/mol. The highest BCUT2D eigenvalue weighted by Gasteiger charge is 2.34. The van der Waals surface area contributed by atoms with Crippen LogP contribution in [0.4, 0.5) is 24.7 Å². The first-order valence-electron chi connectivity index (χ1n) is 8.69. The van der Waals surface area contributed by atoms with Crippen LogP contribution in [0.15, 0.2) is 59.0 Å². The second kappa shape index (κ2) is 6.86. The number of halogens is 3. The number of furan rings is 1. The van der Waals surface area contributed by atoms with Crippen LogP contribution in [0.3, 0.4) is 0 Å². The lowest BCUT2D eigenvalue weighted by Gasteiger charge is -2.19. The average molecular weight is 388 g/mol. The molecule has 146 valence electrons. The fourth-order valence-electron chi connectivity index (χ4n) is 2.89. The van der Waals surface area contributed by atoms with Gasteiger partial charge in [0.2, 0.25) is 0 Å². The molecule has 0 spiro atoms. The standard InChI is InChI=1S/C22H20F3NO2/c1-21(2,3)14-9-10-18(27)17(13-14)26(4)20-12-11-19(28-20)15-7-5-6-8-16(15)22(23,24)25/h5-13H,4H2,1-3H3/p+1. The highest BCUT2D eigenvalue weighted by molar-refractivity contribution is 5.68. The molecule has 0 radical (unpaired) electrons. The van der Waals surface area contributed by atoms with E-state index in [0.717, 1.165) is 11.6 Å². The number of hydrogen-bond donors (Lipinski definition) is 1. The minimum Gasteiger partial charge on any atom is -0.502 e. The lowest BCUT2D eigenvalue weighted by atomic mass is 9.87. The molecule has 3 nitrogen and oxygen atoms in total. The van der Waals surface area contributed by atoms with Crippen molar-refractivity contribution < 1.29 is 22.7 Å². The van der Waals surface area contributed by atoms with Crippen LogP contribution in [0.2, 0.25) is 0 Å². The Labute approximate surface area is 161 Å². The van der Waals surface area contributed by atoms with Gasteiger partial charge in [0.1, 0.15) is 12.5 Å². The Hall–Kier alpha value is -3.02. The lowest BCUT2D eigenvalue weighted by molar-refractivity contribution is -0.137. The molecule has 6 heteroatoms. The number of aromatic hydroxyl groups is 1. The number of rotatable bonds is 3. The van der Waals surface area contributed by atoms with Gasteiger partial charge in [-0.2, -0.15) is 13.2 Å². The van der Waals surface area contributed by atoms with E-state index < -0.39 is 11.7 Å². The van der Waals surface area contributed by atoms with E-state index in [-0.39, 0.29) is 28.4 Å². The summed E-state index contributed by atoms with van der Waals surface area (Å²) in [5.74, 6) is 0.285. The molecule has 1 N–H and O–H groups in total. The molecule has 0 bridgehead atoms. The van der Waals surface area contributed by atoms with Gasteiger partial charge in [0.05, 0.1) is 11.6 Å². The van der Waals surface area contributed by atoms with Crippen molar-refractivity contribution in [2.75, 3.05) is 0 Å². The summed E-state index contributed by atoms with van der Waals surface area (Å²) in [5, 5.41) is 10.2. The van der Waals surface area contributed by atoms with Crippen LogP contribution in [-0.4, -0.2) is 11.8 Å². The summed E-state index contributed by atoms with van der Waals surface area (Å²) < 4.78 is 46.8. The summed E-state index contributed by atoms with van der Waals surface area (Å²) in [4.78, 5) is 0. The SMILES string of the molecule is C=[N+](c1ccc(-c2ccccc2C(F)(F)F)o1)c1cc(C(C)(C)C)ccc1O. The van der Waals surface area contributed by atoms with Crippen molar-refractivity contribution in [3.63, 3.8) is 0 Å². The van der Waals surface area contributed by atoms with Crippen molar-refractivity contribution in [2.24, 2.45) is 0 Å². The van der Waals surface area contributed by atoms with Crippen LogP contribution in [0.1, 0.15) is 31.9 Å². The molecule has 0 aliphatic rings. The molecule has 1 aromatic heterocycles. The number of phenols is 1. The largest absolute Gasteiger partial charge is 0.502 e. The molecule has 3 rings (SSSR count). The normalized spacial score (nSPS) is 12.2. The van der Waals surface area contributed by atoms with Gasteiger partial charge in [-0.15, -0.1) is 4.58 Å². The topological polar surface area (TPSA) is 36.4 Å². The Morgan fingerprint density at radius 3 is 2.29 bits per heavy atom. The summed E-state index contributed by atoms with van der Waals surface area (Å²) in [7, 11) is 0. The molecule has 3 aromatic rings. The van der Waals surface area contributed by atoms with Gasteiger partial charge in [-0.05, 0) is 29.2 Å². The second-order valence-corrected chi connectivity index (χ2v) is 7.56. The van der Waals surface area contributed by atoms with Gasteiger partial charge in [-0.25, -0.2) is 0 Å². The Morgan fingerprint density at radius 2 is 1.64 bits per heavy atom. The van der Waals surface area contributed by atoms with E-state index in [1.807, 2.05) is 26.8 Å². The smallest absolute Gasteiger partial charge is 0.417 e. The van der Waals surface area contributed by atoms with E-state index in [2.05, 4.69) is 6.72 Å². The molecule has 1 heterocycles.